The molecule has 0 N–H and O–H groups in total. The van der Waals surface area contributed by atoms with Crippen LogP contribution in [0.15, 0.2) is 79.1 Å². The monoisotopic (exact) mass is 576 g/mol. The van der Waals surface area contributed by atoms with Crippen molar-refractivity contribution in [3.05, 3.63) is 95.8 Å². The van der Waals surface area contributed by atoms with Crippen LogP contribution in [-0.2, 0) is 17.5 Å². The first-order chi connectivity index (χ1) is 20.0. The molecule has 3 aromatic rings. The number of hydrogen-bond donors (Lipinski definition) is 0. The van der Waals surface area contributed by atoms with E-state index in [1.165, 1.54) is 24.6 Å². The lowest BCUT2D eigenvalue weighted by Crippen LogP contribution is -2.66. The number of likely N-dealkylation sites (tertiary alicyclic amines) is 1. The van der Waals surface area contributed by atoms with Crippen molar-refractivity contribution >= 4 is 23.4 Å². The highest BCUT2D eigenvalue weighted by molar-refractivity contribution is 5.92. The van der Waals surface area contributed by atoms with Gasteiger partial charge in [-0.1, -0.05) is 38.1 Å². The fourth-order valence-electron chi connectivity index (χ4n) is 6.09. The van der Waals surface area contributed by atoms with Gasteiger partial charge < -0.3 is 14.7 Å². The molecule has 5 nitrogen and oxygen atoms in total. The Morgan fingerprint density at radius 1 is 1.00 bits per heavy atom. The van der Waals surface area contributed by atoms with Crippen LogP contribution >= 0.6 is 0 Å². The number of alkyl halides is 3. The zero-order chi connectivity index (χ0) is 29.9. The molecule has 1 spiro atoms. The first-order valence-corrected chi connectivity index (χ1v) is 14.6. The molecule has 1 aliphatic carbocycles. The molecule has 0 radical (unpaired) electrons. The van der Waals surface area contributed by atoms with Gasteiger partial charge >= 0.3 is 6.18 Å². The number of nitrogens with zero attached hydrogens (tertiary/aromatic N) is 4. The minimum Gasteiger partial charge on any atom is -0.345 e. The summed E-state index contributed by atoms with van der Waals surface area (Å²) in [5.74, 6) is 0.569. The van der Waals surface area contributed by atoms with Crippen molar-refractivity contribution in [3.63, 3.8) is 0 Å². The van der Waals surface area contributed by atoms with Gasteiger partial charge in [0.25, 0.3) is 0 Å². The molecule has 5 rings (SSSR count). The van der Waals surface area contributed by atoms with E-state index < -0.39 is 11.7 Å². The summed E-state index contributed by atoms with van der Waals surface area (Å²) in [5, 5.41) is 0. The van der Waals surface area contributed by atoms with Crippen molar-refractivity contribution in [2.75, 3.05) is 31.6 Å². The largest absolute Gasteiger partial charge is 0.416 e. The van der Waals surface area contributed by atoms with E-state index in [9.17, 15) is 18.0 Å². The third-order valence-electron chi connectivity index (χ3n) is 8.58. The van der Waals surface area contributed by atoms with Gasteiger partial charge in [0, 0.05) is 62.6 Å². The summed E-state index contributed by atoms with van der Waals surface area (Å²) in [6, 6.07) is 17.1. The number of carbonyl (C=O) groups excluding carboxylic acids is 1. The first-order valence-electron chi connectivity index (χ1n) is 14.6. The van der Waals surface area contributed by atoms with Gasteiger partial charge in [0.05, 0.1) is 5.56 Å². The molecule has 1 saturated carbocycles. The van der Waals surface area contributed by atoms with Gasteiger partial charge in [-0.3, -0.25) is 9.78 Å². The fourth-order valence-corrected chi connectivity index (χ4v) is 6.09. The van der Waals surface area contributed by atoms with Gasteiger partial charge in [-0.05, 0) is 90.7 Å². The molecular weight excluding hydrogens is 537 g/mol. The summed E-state index contributed by atoms with van der Waals surface area (Å²) < 4.78 is 38.8. The number of rotatable bonds is 10. The van der Waals surface area contributed by atoms with E-state index in [0.717, 1.165) is 61.5 Å². The molecular formula is C34H39F3N4O. The van der Waals surface area contributed by atoms with Crippen LogP contribution in [0.3, 0.4) is 0 Å². The summed E-state index contributed by atoms with van der Waals surface area (Å²) >= 11 is 0. The van der Waals surface area contributed by atoms with Crippen molar-refractivity contribution in [1.82, 2.24) is 14.8 Å². The number of aromatic nitrogens is 1. The molecule has 2 aliphatic rings. The Morgan fingerprint density at radius 2 is 1.62 bits per heavy atom. The number of amides is 1. The average Bonchev–Trinajstić information content (AvgIpc) is 2.93. The number of carbonyl (C=O) groups is 1. The zero-order valence-corrected chi connectivity index (χ0v) is 24.5. The van der Waals surface area contributed by atoms with Crippen molar-refractivity contribution in [3.8, 4) is 0 Å². The van der Waals surface area contributed by atoms with Crippen molar-refractivity contribution in [1.29, 1.82) is 0 Å². The second-order valence-corrected chi connectivity index (χ2v) is 12.3. The van der Waals surface area contributed by atoms with Crippen LogP contribution in [0.25, 0.3) is 6.08 Å². The van der Waals surface area contributed by atoms with E-state index >= 15 is 0 Å². The molecule has 8 heteroatoms. The molecule has 1 saturated heterocycles. The van der Waals surface area contributed by atoms with Crippen molar-refractivity contribution < 1.29 is 18.0 Å². The molecule has 2 aromatic carbocycles. The van der Waals surface area contributed by atoms with Crippen LogP contribution in [0.4, 0.5) is 24.5 Å². The predicted octanol–water partition coefficient (Wildman–Crippen LogP) is 7.42. The SMILES string of the molecule is CC(C)CCN1CC2(CC(N(Cc3ccc(N(C)c4ccncc4)cc3)C(=O)/C=C/c3ccc(C(F)(F)F)cc3)C2)C1. The molecule has 0 unspecified atom stereocenters. The number of anilines is 2. The standard InChI is InChI=1S/C34H39F3N4O/c1-25(2)16-19-40-23-33(24-40)20-31(21-33)41(32(42)13-8-26-4-9-28(10-5-26)34(35,36)37)22-27-6-11-29(12-7-27)39(3)30-14-17-38-18-15-30/h4-15,17-18,25,31H,16,19-24H2,1-3H3/b13-8+. The van der Waals surface area contributed by atoms with Gasteiger partial charge in [-0.15, -0.1) is 0 Å². The number of hydrogen-bond acceptors (Lipinski definition) is 4. The molecule has 2 fully saturated rings. The third kappa shape index (κ3) is 7.04. The lowest BCUT2D eigenvalue weighted by molar-refractivity contribution is -0.145. The summed E-state index contributed by atoms with van der Waals surface area (Å²) in [5.41, 5.74) is 3.26. The van der Waals surface area contributed by atoms with Crippen LogP contribution in [0, 0.1) is 11.3 Å². The highest BCUT2D eigenvalue weighted by Crippen LogP contribution is 2.50. The van der Waals surface area contributed by atoms with E-state index in [4.69, 9.17) is 0 Å². The second kappa shape index (κ2) is 12.3. The van der Waals surface area contributed by atoms with Crippen molar-refractivity contribution in [2.24, 2.45) is 11.3 Å². The number of halogens is 3. The summed E-state index contributed by atoms with van der Waals surface area (Å²) in [4.78, 5) is 24.2. The second-order valence-electron chi connectivity index (χ2n) is 12.3. The molecule has 1 aliphatic heterocycles. The Kier molecular flexibility index (Phi) is 8.73. The van der Waals surface area contributed by atoms with Crippen LogP contribution < -0.4 is 4.90 Å². The first kappa shape index (κ1) is 29.8. The van der Waals surface area contributed by atoms with E-state index in [1.54, 1.807) is 18.5 Å². The average molecular weight is 577 g/mol. The Morgan fingerprint density at radius 3 is 2.21 bits per heavy atom. The third-order valence-corrected chi connectivity index (χ3v) is 8.58. The highest BCUT2D eigenvalue weighted by atomic mass is 19.4. The predicted molar refractivity (Wildman–Crippen MR) is 161 cm³/mol. The fraction of sp³-hybridized carbons (Fsp3) is 0.412. The molecule has 222 valence electrons. The van der Waals surface area contributed by atoms with Gasteiger partial charge in [0.15, 0.2) is 0 Å². The maximum absolute atomic E-state index is 13.5. The maximum Gasteiger partial charge on any atom is 0.416 e. The van der Waals surface area contributed by atoms with Crippen LogP contribution in [0.2, 0.25) is 0 Å². The van der Waals surface area contributed by atoms with Gasteiger partial charge in [-0.2, -0.15) is 13.2 Å². The summed E-state index contributed by atoms with van der Waals surface area (Å²) in [6.07, 6.45) is 5.40. The highest BCUT2D eigenvalue weighted by Gasteiger charge is 2.54. The van der Waals surface area contributed by atoms with Gasteiger partial charge in [0.1, 0.15) is 0 Å². The molecule has 0 atom stereocenters. The Bertz CT molecular complexity index is 1360. The van der Waals surface area contributed by atoms with E-state index in [-0.39, 0.29) is 11.9 Å². The minimum atomic E-state index is -4.39. The Balaban J connectivity index is 1.27. The quantitative estimate of drug-likeness (QED) is 0.236. The smallest absolute Gasteiger partial charge is 0.345 e. The number of benzene rings is 2. The van der Waals surface area contributed by atoms with E-state index in [0.29, 0.717) is 23.4 Å². The van der Waals surface area contributed by atoms with Crippen molar-refractivity contribution in [2.45, 2.75) is 51.9 Å². The topological polar surface area (TPSA) is 39.7 Å². The van der Waals surface area contributed by atoms with Crippen LogP contribution in [-0.4, -0.2) is 53.4 Å². The van der Waals surface area contributed by atoms with Gasteiger partial charge in [0.2, 0.25) is 5.91 Å². The minimum absolute atomic E-state index is 0.122. The molecule has 0 bridgehead atoms. The lowest BCUT2D eigenvalue weighted by Gasteiger charge is -2.61. The van der Waals surface area contributed by atoms with Crippen LogP contribution in [0.5, 0.6) is 0 Å². The summed E-state index contributed by atoms with van der Waals surface area (Å²) in [6.45, 7) is 8.29. The molecule has 1 aromatic heterocycles. The van der Waals surface area contributed by atoms with E-state index in [2.05, 4.69) is 52.9 Å². The van der Waals surface area contributed by atoms with Crippen LogP contribution in [0.1, 0.15) is 49.8 Å². The Hall–Kier alpha value is -3.65. The van der Waals surface area contributed by atoms with Gasteiger partial charge in [-0.25, -0.2) is 0 Å². The molecule has 2 heterocycles. The number of pyridine rings is 1. The molecule has 42 heavy (non-hydrogen) atoms. The Labute approximate surface area is 246 Å². The molecule has 1 amide bonds. The normalized spacial score (nSPS) is 16.9. The summed E-state index contributed by atoms with van der Waals surface area (Å²) in [7, 11) is 2.00. The van der Waals surface area contributed by atoms with E-state index in [1.807, 2.05) is 24.1 Å². The maximum atomic E-state index is 13.5. The zero-order valence-electron chi connectivity index (χ0n) is 24.5. The lowest BCUT2D eigenvalue weighted by atomic mass is 9.60.